The number of anilines is 1. The predicted octanol–water partition coefficient (Wildman–Crippen LogP) is 3.68. The van der Waals surface area contributed by atoms with Gasteiger partial charge in [-0.3, -0.25) is 0 Å². The Balaban J connectivity index is 2.08. The van der Waals surface area contributed by atoms with E-state index in [1.54, 1.807) is 29.2 Å². The molecule has 0 aliphatic heterocycles. The van der Waals surface area contributed by atoms with E-state index in [2.05, 4.69) is 5.32 Å². The molecule has 0 aliphatic carbocycles. The van der Waals surface area contributed by atoms with Crippen molar-refractivity contribution in [2.45, 2.75) is 25.6 Å². The first-order valence-corrected chi connectivity index (χ1v) is 10.3. The van der Waals surface area contributed by atoms with Gasteiger partial charge in [-0.25, -0.2) is 13.2 Å². The molecule has 5 nitrogen and oxygen atoms in total. The van der Waals surface area contributed by atoms with Gasteiger partial charge in [-0.05, 0) is 29.7 Å². The van der Waals surface area contributed by atoms with Crippen LogP contribution in [0.5, 0.6) is 0 Å². The van der Waals surface area contributed by atoms with E-state index in [-0.39, 0.29) is 11.8 Å². The van der Waals surface area contributed by atoms with Crippen molar-refractivity contribution in [3.05, 3.63) is 65.7 Å². The summed E-state index contributed by atoms with van der Waals surface area (Å²) >= 11 is 0. The topological polar surface area (TPSA) is 66.5 Å². The molecule has 134 valence electrons. The molecule has 0 heterocycles. The van der Waals surface area contributed by atoms with Gasteiger partial charge >= 0.3 is 6.03 Å². The zero-order valence-corrected chi connectivity index (χ0v) is 15.4. The highest BCUT2D eigenvalue weighted by Gasteiger charge is 2.14. The van der Waals surface area contributed by atoms with Gasteiger partial charge < -0.3 is 10.2 Å². The van der Waals surface area contributed by atoms with Crippen LogP contribution in [-0.4, -0.2) is 32.1 Å². The van der Waals surface area contributed by atoms with E-state index < -0.39 is 9.84 Å². The van der Waals surface area contributed by atoms with Crippen LogP contribution in [0.4, 0.5) is 10.5 Å². The molecule has 0 radical (unpaired) electrons. The lowest BCUT2D eigenvalue weighted by molar-refractivity contribution is 0.209. The predicted molar refractivity (Wildman–Crippen MR) is 101 cm³/mol. The summed E-state index contributed by atoms with van der Waals surface area (Å²) in [5.74, 6) is -0.0423. The minimum Gasteiger partial charge on any atom is -0.320 e. The molecule has 2 aromatic carbocycles. The monoisotopic (exact) mass is 360 g/mol. The fraction of sp³-hybridized carbons (Fsp3) is 0.316. The van der Waals surface area contributed by atoms with Crippen LogP contribution >= 0.6 is 0 Å². The summed E-state index contributed by atoms with van der Waals surface area (Å²) in [5.41, 5.74) is 2.32. The number of amides is 2. The lowest BCUT2D eigenvalue weighted by atomic mass is 10.2. The first-order chi connectivity index (χ1) is 11.9. The molecule has 1 N–H and O–H groups in total. The molecule has 6 heteroatoms. The molecule has 2 rings (SSSR count). The summed E-state index contributed by atoms with van der Waals surface area (Å²) in [5, 5.41) is 2.87. The number of urea groups is 1. The zero-order valence-electron chi connectivity index (χ0n) is 14.6. The SMILES string of the molecule is CCCN(Cc1ccccc1)C(=O)Nc1cccc(CS(C)(=O)=O)c1. The maximum atomic E-state index is 12.6. The molecule has 0 aromatic heterocycles. The van der Waals surface area contributed by atoms with Crippen molar-refractivity contribution in [2.24, 2.45) is 0 Å². The molecule has 0 bridgehead atoms. The first-order valence-electron chi connectivity index (χ1n) is 8.24. The molecule has 0 spiro atoms. The molecule has 0 saturated carbocycles. The number of carbonyl (C=O) groups is 1. The van der Waals surface area contributed by atoms with Crippen molar-refractivity contribution in [1.82, 2.24) is 4.90 Å². The fourth-order valence-electron chi connectivity index (χ4n) is 2.57. The zero-order chi connectivity index (χ0) is 18.3. The number of rotatable bonds is 7. The Hall–Kier alpha value is -2.34. The van der Waals surface area contributed by atoms with Crippen LogP contribution in [0.1, 0.15) is 24.5 Å². The summed E-state index contributed by atoms with van der Waals surface area (Å²) < 4.78 is 22.9. The third-order valence-electron chi connectivity index (χ3n) is 3.60. The number of sulfone groups is 1. The van der Waals surface area contributed by atoms with Gasteiger partial charge in [0, 0.05) is 25.0 Å². The maximum Gasteiger partial charge on any atom is 0.322 e. The summed E-state index contributed by atoms with van der Waals surface area (Å²) in [4.78, 5) is 14.3. The Labute approximate surface area is 149 Å². The highest BCUT2D eigenvalue weighted by atomic mass is 32.2. The Bertz CT molecular complexity index is 804. The van der Waals surface area contributed by atoms with E-state index in [1.165, 1.54) is 6.26 Å². The Morgan fingerprint density at radius 2 is 1.72 bits per heavy atom. The molecule has 2 amide bonds. The number of carbonyl (C=O) groups excluding carboxylic acids is 1. The molecule has 0 saturated heterocycles. The summed E-state index contributed by atoms with van der Waals surface area (Å²) in [6.45, 7) is 3.20. The van der Waals surface area contributed by atoms with Crippen LogP contribution in [-0.2, 0) is 22.1 Å². The minimum atomic E-state index is -3.11. The number of nitrogens with zero attached hydrogens (tertiary/aromatic N) is 1. The lowest BCUT2D eigenvalue weighted by Crippen LogP contribution is -2.35. The third kappa shape index (κ3) is 6.58. The van der Waals surface area contributed by atoms with Crippen molar-refractivity contribution in [2.75, 3.05) is 18.1 Å². The average molecular weight is 360 g/mol. The highest BCUT2D eigenvalue weighted by Crippen LogP contribution is 2.15. The van der Waals surface area contributed by atoms with Crippen molar-refractivity contribution >= 4 is 21.6 Å². The second-order valence-electron chi connectivity index (χ2n) is 6.11. The molecular formula is C19H24N2O3S. The maximum absolute atomic E-state index is 12.6. The second-order valence-corrected chi connectivity index (χ2v) is 8.25. The molecule has 0 aliphatic rings. The van der Waals surface area contributed by atoms with Crippen molar-refractivity contribution in [1.29, 1.82) is 0 Å². The van der Waals surface area contributed by atoms with E-state index >= 15 is 0 Å². The van der Waals surface area contributed by atoms with Crippen molar-refractivity contribution in [3.63, 3.8) is 0 Å². The Kier molecular flexibility index (Phi) is 6.58. The molecule has 0 fully saturated rings. The van der Waals surface area contributed by atoms with Crippen molar-refractivity contribution in [3.8, 4) is 0 Å². The molecule has 2 aromatic rings. The van der Waals surface area contributed by atoms with Gasteiger partial charge in [0.1, 0.15) is 0 Å². The normalized spacial score (nSPS) is 11.1. The minimum absolute atomic E-state index is 0.0423. The van der Waals surface area contributed by atoms with E-state index in [9.17, 15) is 13.2 Å². The molecule has 0 atom stereocenters. The third-order valence-corrected chi connectivity index (χ3v) is 4.46. The standard InChI is InChI=1S/C19H24N2O3S/c1-3-12-21(14-16-8-5-4-6-9-16)19(22)20-18-11-7-10-17(13-18)15-25(2,23)24/h4-11,13H,3,12,14-15H2,1-2H3,(H,20,22). The smallest absolute Gasteiger partial charge is 0.320 e. The van der Waals surface area contributed by atoms with Gasteiger partial charge in [0.2, 0.25) is 0 Å². The Morgan fingerprint density at radius 1 is 1.04 bits per heavy atom. The van der Waals surface area contributed by atoms with Crippen LogP contribution in [0.2, 0.25) is 0 Å². The summed E-state index contributed by atoms with van der Waals surface area (Å²) in [6, 6.07) is 16.6. The van der Waals surface area contributed by atoms with Crippen molar-refractivity contribution < 1.29 is 13.2 Å². The van der Waals surface area contributed by atoms with E-state index in [4.69, 9.17) is 0 Å². The fourth-order valence-corrected chi connectivity index (χ4v) is 3.36. The number of hydrogen-bond donors (Lipinski definition) is 1. The van der Waals surface area contributed by atoms with E-state index in [0.717, 1.165) is 12.0 Å². The average Bonchev–Trinajstić information content (AvgIpc) is 2.54. The van der Waals surface area contributed by atoms with Gasteiger partial charge in [0.25, 0.3) is 0 Å². The molecule has 25 heavy (non-hydrogen) atoms. The van der Waals surface area contributed by atoms with E-state index in [1.807, 2.05) is 37.3 Å². The van der Waals surface area contributed by atoms with Crippen LogP contribution in [0.3, 0.4) is 0 Å². The van der Waals surface area contributed by atoms with Gasteiger partial charge in [-0.2, -0.15) is 0 Å². The largest absolute Gasteiger partial charge is 0.322 e. The molecular weight excluding hydrogens is 336 g/mol. The van der Waals surface area contributed by atoms with Crippen LogP contribution < -0.4 is 5.32 Å². The van der Waals surface area contributed by atoms with Gasteiger partial charge in [0.15, 0.2) is 9.84 Å². The lowest BCUT2D eigenvalue weighted by Gasteiger charge is -2.23. The highest BCUT2D eigenvalue weighted by molar-refractivity contribution is 7.89. The second kappa shape index (κ2) is 8.67. The molecule has 0 unspecified atom stereocenters. The quantitative estimate of drug-likeness (QED) is 0.819. The van der Waals surface area contributed by atoms with Gasteiger partial charge in [0.05, 0.1) is 5.75 Å². The summed E-state index contributed by atoms with van der Waals surface area (Å²) in [6.07, 6.45) is 2.05. The summed E-state index contributed by atoms with van der Waals surface area (Å²) in [7, 11) is -3.11. The first kappa shape index (κ1) is 19.0. The van der Waals surface area contributed by atoms with E-state index in [0.29, 0.717) is 24.3 Å². The van der Waals surface area contributed by atoms with Gasteiger partial charge in [-0.1, -0.05) is 49.4 Å². The van der Waals surface area contributed by atoms with Crippen LogP contribution in [0.15, 0.2) is 54.6 Å². The number of nitrogens with one attached hydrogen (secondary N) is 1. The Morgan fingerprint density at radius 3 is 2.36 bits per heavy atom. The number of benzene rings is 2. The van der Waals surface area contributed by atoms with Crippen LogP contribution in [0, 0.1) is 0 Å². The number of hydrogen-bond acceptors (Lipinski definition) is 3. The van der Waals surface area contributed by atoms with Crippen LogP contribution in [0.25, 0.3) is 0 Å². The van der Waals surface area contributed by atoms with Gasteiger partial charge in [-0.15, -0.1) is 0 Å².